The minimum absolute atomic E-state index is 0.277. The number of hydrogen-bond acceptors (Lipinski definition) is 3. The summed E-state index contributed by atoms with van der Waals surface area (Å²) in [5, 5.41) is 1.78. The lowest BCUT2D eigenvalue weighted by Gasteiger charge is -2.30. The van der Waals surface area contributed by atoms with Gasteiger partial charge in [0.25, 0.3) is 10.0 Å². The van der Waals surface area contributed by atoms with Crippen molar-refractivity contribution in [1.29, 1.82) is 0 Å². The van der Waals surface area contributed by atoms with Crippen molar-refractivity contribution in [1.82, 2.24) is 4.31 Å². The van der Waals surface area contributed by atoms with Crippen LogP contribution in [0.3, 0.4) is 0 Å². The average molecular weight is 359 g/mol. The molecule has 3 nitrogen and oxygen atoms in total. The second-order valence-electron chi connectivity index (χ2n) is 4.08. The Kier molecular flexibility index (Phi) is 4.52. The summed E-state index contributed by atoms with van der Waals surface area (Å²) in [4.78, 5) is 0. The Labute approximate surface area is 119 Å². The third-order valence-corrected chi connectivity index (χ3v) is 7.81. The molecule has 17 heavy (non-hydrogen) atoms. The average Bonchev–Trinajstić information content (AvgIpc) is 2.76. The molecule has 1 aromatic rings. The van der Waals surface area contributed by atoms with Crippen LogP contribution in [-0.4, -0.2) is 31.7 Å². The minimum atomic E-state index is -3.35. The number of piperidine rings is 1. The van der Waals surface area contributed by atoms with Crippen molar-refractivity contribution in [3.63, 3.8) is 0 Å². The fourth-order valence-corrected chi connectivity index (χ4v) is 6.21. The Morgan fingerprint density at radius 1 is 1.59 bits per heavy atom. The molecular formula is C10H13BrClNO2S2. The lowest BCUT2D eigenvalue weighted by molar-refractivity contribution is 0.284. The van der Waals surface area contributed by atoms with Crippen LogP contribution in [0.15, 0.2) is 20.1 Å². The van der Waals surface area contributed by atoms with E-state index in [4.69, 9.17) is 11.6 Å². The highest BCUT2D eigenvalue weighted by molar-refractivity contribution is 9.10. The Morgan fingerprint density at radius 3 is 2.94 bits per heavy atom. The molecule has 1 unspecified atom stereocenters. The van der Waals surface area contributed by atoms with Crippen molar-refractivity contribution in [2.45, 2.75) is 17.1 Å². The summed E-state index contributed by atoms with van der Waals surface area (Å²) < 4.78 is 27.4. The highest BCUT2D eigenvalue weighted by Crippen LogP contribution is 2.32. The maximum atomic E-state index is 12.4. The minimum Gasteiger partial charge on any atom is -0.206 e. The fourth-order valence-electron chi connectivity index (χ4n) is 1.95. The van der Waals surface area contributed by atoms with Gasteiger partial charge in [-0.25, -0.2) is 8.42 Å². The van der Waals surface area contributed by atoms with Gasteiger partial charge < -0.3 is 0 Å². The van der Waals surface area contributed by atoms with Gasteiger partial charge in [0.05, 0.1) is 0 Å². The van der Waals surface area contributed by atoms with Gasteiger partial charge in [0, 0.05) is 23.4 Å². The van der Waals surface area contributed by atoms with E-state index in [9.17, 15) is 8.42 Å². The maximum Gasteiger partial charge on any atom is 0.253 e. The number of nitrogens with zero attached hydrogens (tertiary/aromatic N) is 1. The van der Waals surface area contributed by atoms with Gasteiger partial charge in [-0.15, -0.1) is 22.9 Å². The first-order chi connectivity index (χ1) is 8.05. The van der Waals surface area contributed by atoms with Gasteiger partial charge in [-0.1, -0.05) is 0 Å². The van der Waals surface area contributed by atoms with Crippen molar-refractivity contribution in [2.24, 2.45) is 5.92 Å². The van der Waals surface area contributed by atoms with Crippen LogP contribution >= 0.6 is 38.9 Å². The lowest BCUT2D eigenvalue weighted by Crippen LogP contribution is -2.40. The molecular weight excluding hydrogens is 346 g/mol. The highest BCUT2D eigenvalue weighted by atomic mass is 79.9. The summed E-state index contributed by atoms with van der Waals surface area (Å²) in [7, 11) is -3.35. The second kappa shape index (κ2) is 5.57. The molecule has 96 valence electrons. The molecule has 2 heterocycles. The molecule has 0 spiro atoms. The molecule has 0 N–H and O–H groups in total. The number of alkyl halides is 1. The SMILES string of the molecule is O=S(=O)(c1sccc1Br)N1CCCC(CCl)C1. The van der Waals surface area contributed by atoms with E-state index < -0.39 is 10.0 Å². The molecule has 0 bridgehead atoms. The van der Waals surface area contributed by atoms with Crippen LogP contribution in [0, 0.1) is 5.92 Å². The monoisotopic (exact) mass is 357 g/mol. The van der Waals surface area contributed by atoms with Crippen LogP contribution in [0.5, 0.6) is 0 Å². The van der Waals surface area contributed by atoms with E-state index in [0.717, 1.165) is 12.8 Å². The lowest BCUT2D eigenvalue weighted by atomic mass is 10.0. The molecule has 0 aromatic carbocycles. The number of hydrogen-bond donors (Lipinski definition) is 0. The highest BCUT2D eigenvalue weighted by Gasteiger charge is 2.31. The van der Waals surface area contributed by atoms with E-state index >= 15 is 0 Å². The zero-order chi connectivity index (χ0) is 12.5. The van der Waals surface area contributed by atoms with Gasteiger partial charge in [0.1, 0.15) is 4.21 Å². The Morgan fingerprint density at radius 2 is 2.35 bits per heavy atom. The molecule has 2 rings (SSSR count). The quantitative estimate of drug-likeness (QED) is 0.778. The Hall–Kier alpha value is 0.380. The van der Waals surface area contributed by atoms with Crippen molar-refractivity contribution >= 4 is 48.9 Å². The smallest absolute Gasteiger partial charge is 0.206 e. The predicted molar refractivity (Wildman–Crippen MR) is 74.2 cm³/mol. The third kappa shape index (κ3) is 2.87. The normalized spacial score (nSPS) is 22.8. The van der Waals surface area contributed by atoms with Crippen LogP contribution < -0.4 is 0 Å². The van der Waals surface area contributed by atoms with Crippen LogP contribution in [0.1, 0.15) is 12.8 Å². The van der Waals surface area contributed by atoms with Gasteiger partial charge in [-0.05, 0) is 46.1 Å². The summed E-state index contributed by atoms with van der Waals surface area (Å²) in [5.74, 6) is 0.802. The van der Waals surface area contributed by atoms with Gasteiger partial charge in [0.2, 0.25) is 0 Å². The molecule has 0 saturated carbocycles. The van der Waals surface area contributed by atoms with Gasteiger partial charge in [0.15, 0.2) is 0 Å². The molecule has 0 amide bonds. The molecule has 1 aromatic heterocycles. The van der Waals surface area contributed by atoms with Gasteiger partial charge in [-0.2, -0.15) is 4.31 Å². The van der Waals surface area contributed by atoms with Crippen LogP contribution in [-0.2, 0) is 10.0 Å². The predicted octanol–water partition coefficient (Wildman–Crippen LogP) is 3.15. The van der Waals surface area contributed by atoms with E-state index in [1.54, 1.807) is 15.8 Å². The zero-order valence-electron chi connectivity index (χ0n) is 9.10. The summed E-state index contributed by atoms with van der Waals surface area (Å²) in [6.45, 7) is 1.14. The summed E-state index contributed by atoms with van der Waals surface area (Å²) in [6.07, 6.45) is 1.90. The van der Waals surface area contributed by atoms with E-state index in [1.807, 2.05) is 0 Å². The number of sulfonamides is 1. The summed E-state index contributed by atoms with van der Waals surface area (Å²) >= 11 is 10.4. The fraction of sp³-hybridized carbons (Fsp3) is 0.600. The molecule has 1 aliphatic rings. The maximum absolute atomic E-state index is 12.4. The van der Waals surface area contributed by atoms with Crippen molar-refractivity contribution < 1.29 is 8.42 Å². The van der Waals surface area contributed by atoms with Gasteiger partial charge in [-0.3, -0.25) is 0 Å². The molecule has 1 saturated heterocycles. The van der Waals surface area contributed by atoms with E-state index in [1.165, 1.54) is 11.3 Å². The Balaban J connectivity index is 2.24. The first kappa shape index (κ1) is 13.8. The molecule has 0 radical (unpaired) electrons. The van der Waals surface area contributed by atoms with Crippen molar-refractivity contribution in [3.8, 4) is 0 Å². The van der Waals surface area contributed by atoms with E-state index in [-0.39, 0.29) is 5.92 Å². The van der Waals surface area contributed by atoms with Gasteiger partial charge >= 0.3 is 0 Å². The summed E-state index contributed by atoms with van der Waals surface area (Å²) in [6, 6.07) is 1.76. The molecule has 1 fully saturated rings. The molecule has 7 heteroatoms. The molecule has 1 atom stereocenters. The van der Waals surface area contributed by atoms with Crippen molar-refractivity contribution in [3.05, 3.63) is 15.9 Å². The molecule has 0 aliphatic carbocycles. The van der Waals surface area contributed by atoms with Crippen LogP contribution in [0.4, 0.5) is 0 Å². The topological polar surface area (TPSA) is 37.4 Å². The summed E-state index contributed by atoms with van der Waals surface area (Å²) in [5.41, 5.74) is 0. The van der Waals surface area contributed by atoms with Crippen LogP contribution in [0.2, 0.25) is 0 Å². The van der Waals surface area contributed by atoms with E-state index in [0.29, 0.717) is 27.7 Å². The zero-order valence-corrected chi connectivity index (χ0v) is 13.1. The second-order valence-corrected chi connectivity index (χ2v) is 8.29. The largest absolute Gasteiger partial charge is 0.253 e. The number of thiophene rings is 1. The van der Waals surface area contributed by atoms with E-state index in [2.05, 4.69) is 15.9 Å². The first-order valence-electron chi connectivity index (χ1n) is 5.35. The van der Waals surface area contributed by atoms with Crippen molar-refractivity contribution in [2.75, 3.05) is 19.0 Å². The molecule has 1 aliphatic heterocycles. The van der Waals surface area contributed by atoms with Crippen LogP contribution in [0.25, 0.3) is 0 Å². The first-order valence-corrected chi connectivity index (χ1v) is 8.99. The number of rotatable bonds is 3. The third-order valence-electron chi connectivity index (χ3n) is 2.86. The number of halogens is 2. The Bertz CT molecular complexity index is 488. The standard InChI is InChI=1S/C10H13BrClNO2S2/c11-9-3-5-16-10(9)17(14,15)13-4-1-2-8(6-12)7-13/h3,5,8H,1-2,4,6-7H2.